The molecule has 55 heavy (non-hydrogen) atoms. The Morgan fingerprint density at radius 3 is 1.24 bits per heavy atom. The molecule has 0 bridgehead atoms. The molecule has 0 spiro atoms. The van der Waals surface area contributed by atoms with Crippen LogP contribution in [0.4, 0.5) is 0 Å². The van der Waals surface area contributed by atoms with Crippen LogP contribution in [0.25, 0.3) is 0 Å². The highest BCUT2D eigenvalue weighted by molar-refractivity contribution is 5.70. The predicted octanol–water partition coefficient (Wildman–Crippen LogP) is 13.1. The molecule has 0 radical (unpaired) electrons. The first kappa shape index (κ1) is 50.9. The lowest BCUT2D eigenvalue weighted by molar-refractivity contribution is -0.151. The molecule has 8 heteroatoms. The van der Waals surface area contributed by atoms with Gasteiger partial charge in [-0.15, -0.1) is 0 Å². The Balaban J connectivity index is 2.06. The van der Waals surface area contributed by atoms with Crippen molar-refractivity contribution in [3.63, 3.8) is 0 Å². The molecule has 1 aliphatic rings. The minimum Gasteiger partial charge on any atom is -0.465 e. The van der Waals surface area contributed by atoms with E-state index in [1.165, 1.54) is 103 Å². The van der Waals surface area contributed by atoms with Gasteiger partial charge in [0.2, 0.25) is 0 Å². The van der Waals surface area contributed by atoms with Gasteiger partial charge in [0.1, 0.15) is 12.2 Å². The second-order valence-electron chi connectivity index (χ2n) is 16.7. The van der Waals surface area contributed by atoms with Gasteiger partial charge < -0.3 is 18.9 Å². The fraction of sp³-hybridized carbons (Fsp3) is 0.915. The number of hydrogen-bond donors (Lipinski definition) is 0. The van der Waals surface area contributed by atoms with Crippen LogP contribution >= 0.6 is 0 Å². The summed E-state index contributed by atoms with van der Waals surface area (Å²) in [6, 6.07) is 0. The lowest BCUT2D eigenvalue weighted by Crippen LogP contribution is -2.20. The van der Waals surface area contributed by atoms with Gasteiger partial charge in [-0.1, -0.05) is 137 Å². The van der Waals surface area contributed by atoms with E-state index in [4.69, 9.17) is 18.9 Å². The van der Waals surface area contributed by atoms with E-state index in [-0.39, 0.29) is 55.2 Å². The summed E-state index contributed by atoms with van der Waals surface area (Å²) in [7, 11) is 0. The largest absolute Gasteiger partial charge is 0.465 e. The van der Waals surface area contributed by atoms with Crippen molar-refractivity contribution in [3.8, 4) is 0 Å². The minimum absolute atomic E-state index is 0.0544. The fourth-order valence-electron chi connectivity index (χ4n) is 7.12. The van der Waals surface area contributed by atoms with Gasteiger partial charge in [-0.25, -0.2) is 0 Å². The van der Waals surface area contributed by atoms with E-state index < -0.39 is 0 Å². The molecule has 1 fully saturated rings. The summed E-state index contributed by atoms with van der Waals surface area (Å²) in [4.78, 5) is 49.5. The van der Waals surface area contributed by atoms with Gasteiger partial charge in [0.15, 0.2) is 0 Å². The summed E-state index contributed by atoms with van der Waals surface area (Å²) in [6.07, 6.45) is 33.6. The Hall–Kier alpha value is -2.12. The second kappa shape index (κ2) is 36.2. The van der Waals surface area contributed by atoms with Gasteiger partial charge >= 0.3 is 23.9 Å². The van der Waals surface area contributed by atoms with Crippen molar-refractivity contribution in [2.75, 3.05) is 13.2 Å². The zero-order chi connectivity index (χ0) is 40.2. The van der Waals surface area contributed by atoms with Crippen molar-refractivity contribution in [3.05, 3.63) is 0 Å². The van der Waals surface area contributed by atoms with Gasteiger partial charge in [-0.3, -0.25) is 19.2 Å². The van der Waals surface area contributed by atoms with Gasteiger partial charge in [-0.2, -0.15) is 0 Å². The maximum atomic E-state index is 12.6. The zero-order valence-electron chi connectivity index (χ0n) is 36.3. The van der Waals surface area contributed by atoms with E-state index in [1.54, 1.807) is 0 Å². The number of carbonyl (C=O) groups is 4. The zero-order valence-corrected chi connectivity index (χ0v) is 36.3. The van der Waals surface area contributed by atoms with Crippen molar-refractivity contribution in [2.45, 2.75) is 252 Å². The van der Waals surface area contributed by atoms with E-state index in [0.29, 0.717) is 38.0 Å². The molecular weight excluding hydrogens is 693 g/mol. The quantitative estimate of drug-likeness (QED) is 0.0344. The molecule has 0 saturated heterocycles. The van der Waals surface area contributed by atoms with Crippen LogP contribution in [-0.4, -0.2) is 49.3 Å². The summed E-state index contributed by atoms with van der Waals surface area (Å²) >= 11 is 0. The fourth-order valence-corrected chi connectivity index (χ4v) is 7.12. The molecule has 3 unspecified atom stereocenters. The SMILES string of the molecule is CCCCCCCCCC(OC(=O)CCCCCC(=O)OCC(C)COC(=O)CCCCCCC(=O)OC(CCCCCC)CCCCCCCC)C1CC1. The van der Waals surface area contributed by atoms with Crippen LogP contribution in [0.3, 0.4) is 0 Å². The van der Waals surface area contributed by atoms with Crippen LogP contribution < -0.4 is 0 Å². The molecule has 0 heterocycles. The molecule has 0 aromatic carbocycles. The number of esters is 4. The van der Waals surface area contributed by atoms with E-state index in [9.17, 15) is 19.2 Å². The molecule has 0 aromatic heterocycles. The predicted molar refractivity (Wildman–Crippen MR) is 224 cm³/mol. The number of ether oxygens (including phenoxy) is 4. The van der Waals surface area contributed by atoms with E-state index in [1.807, 2.05) is 6.92 Å². The van der Waals surface area contributed by atoms with Crippen LogP contribution in [0, 0.1) is 11.8 Å². The van der Waals surface area contributed by atoms with E-state index >= 15 is 0 Å². The molecule has 0 amide bonds. The normalized spacial score (nSPS) is 14.3. The van der Waals surface area contributed by atoms with E-state index in [0.717, 1.165) is 77.0 Å². The number of hydrogen-bond acceptors (Lipinski definition) is 8. The lowest BCUT2D eigenvalue weighted by atomic mass is 10.0. The first-order valence-corrected chi connectivity index (χ1v) is 23.5. The maximum Gasteiger partial charge on any atom is 0.306 e. The molecule has 0 aromatic rings. The summed E-state index contributed by atoms with van der Waals surface area (Å²) in [5.74, 6) is -0.189. The Bertz CT molecular complexity index is 947. The van der Waals surface area contributed by atoms with E-state index in [2.05, 4.69) is 20.8 Å². The van der Waals surface area contributed by atoms with Gasteiger partial charge in [0.25, 0.3) is 0 Å². The standard InChI is InChI=1S/C47H86O8/c1-5-8-11-14-16-18-24-31-43(41-36-37-41)55-47(51)35-28-21-27-33-45(49)53-39-40(4)38-52-44(48)32-25-19-20-26-34-46(50)54-42(29-22-13-10-7-3)30-23-17-15-12-9-6-2/h40-43H,5-39H2,1-4H3. The molecule has 1 rings (SSSR count). The maximum absolute atomic E-state index is 12.6. The summed E-state index contributed by atoms with van der Waals surface area (Å²) in [5.41, 5.74) is 0. The smallest absolute Gasteiger partial charge is 0.306 e. The van der Waals surface area contributed by atoms with Gasteiger partial charge in [-0.05, 0) is 83.0 Å². The Morgan fingerprint density at radius 1 is 0.436 bits per heavy atom. The Kier molecular flexibility index (Phi) is 33.5. The second-order valence-corrected chi connectivity index (χ2v) is 16.7. The topological polar surface area (TPSA) is 105 Å². The molecule has 8 nitrogen and oxygen atoms in total. The third-order valence-electron chi connectivity index (χ3n) is 10.9. The number of unbranched alkanes of at least 4 members (excludes halogenated alkanes) is 19. The highest BCUT2D eigenvalue weighted by Gasteiger charge is 2.33. The van der Waals surface area contributed by atoms with Crippen molar-refractivity contribution in [1.82, 2.24) is 0 Å². The minimum atomic E-state index is -0.256. The molecular formula is C47H86O8. The molecule has 0 N–H and O–H groups in total. The summed E-state index contributed by atoms with van der Waals surface area (Å²) in [6.45, 7) is 9.03. The molecule has 0 aliphatic heterocycles. The van der Waals surface area contributed by atoms with Crippen molar-refractivity contribution < 1.29 is 38.1 Å². The highest BCUT2D eigenvalue weighted by Crippen LogP contribution is 2.37. The van der Waals surface area contributed by atoms with Crippen LogP contribution in [0.5, 0.6) is 0 Å². The van der Waals surface area contributed by atoms with Crippen LogP contribution in [0.1, 0.15) is 240 Å². The average molecular weight is 779 g/mol. The molecule has 1 saturated carbocycles. The monoisotopic (exact) mass is 779 g/mol. The summed E-state index contributed by atoms with van der Waals surface area (Å²) < 4.78 is 22.6. The van der Waals surface area contributed by atoms with Crippen molar-refractivity contribution in [1.29, 1.82) is 0 Å². The van der Waals surface area contributed by atoms with Crippen LogP contribution in [0.15, 0.2) is 0 Å². The third-order valence-corrected chi connectivity index (χ3v) is 10.9. The lowest BCUT2D eigenvalue weighted by Gasteiger charge is -2.18. The van der Waals surface area contributed by atoms with Crippen LogP contribution in [-0.2, 0) is 38.1 Å². The Morgan fingerprint density at radius 2 is 0.782 bits per heavy atom. The summed E-state index contributed by atoms with van der Waals surface area (Å²) in [5, 5.41) is 0. The number of carbonyl (C=O) groups excluding carboxylic acids is 4. The highest BCUT2D eigenvalue weighted by atomic mass is 16.6. The van der Waals surface area contributed by atoms with Crippen LogP contribution in [0.2, 0.25) is 0 Å². The molecule has 322 valence electrons. The van der Waals surface area contributed by atoms with Crippen molar-refractivity contribution in [2.24, 2.45) is 11.8 Å². The molecule has 3 atom stereocenters. The Labute approximate surface area is 338 Å². The first-order valence-electron chi connectivity index (χ1n) is 23.5. The van der Waals surface area contributed by atoms with Gasteiger partial charge in [0.05, 0.1) is 13.2 Å². The number of rotatable bonds is 40. The third kappa shape index (κ3) is 32.6. The average Bonchev–Trinajstić information content (AvgIpc) is 4.02. The van der Waals surface area contributed by atoms with Crippen molar-refractivity contribution >= 4 is 23.9 Å². The molecule has 1 aliphatic carbocycles. The van der Waals surface area contributed by atoms with Gasteiger partial charge in [0, 0.05) is 31.6 Å². The first-order chi connectivity index (χ1) is 26.8.